The van der Waals surface area contributed by atoms with Gasteiger partial charge in [-0.15, -0.1) is 0 Å². The first-order valence-corrected chi connectivity index (χ1v) is 4.72. The summed E-state index contributed by atoms with van der Waals surface area (Å²) in [7, 11) is 1.46. The van der Waals surface area contributed by atoms with Gasteiger partial charge in [0.15, 0.2) is 0 Å². The number of hydrogen-bond acceptors (Lipinski definition) is 2. The molecule has 0 radical (unpaired) electrons. The Morgan fingerprint density at radius 2 is 2.31 bits per heavy atom. The number of rotatable bonds is 3. The van der Waals surface area contributed by atoms with Crippen LogP contribution in [0.1, 0.15) is 5.56 Å². The molecule has 0 spiro atoms. The number of hydrogen-bond donors (Lipinski definition) is 1. The van der Waals surface area contributed by atoms with E-state index in [1.807, 2.05) is 0 Å². The van der Waals surface area contributed by atoms with E-state index in [2.05, 4.69) is 26.2 Å². The maximum Gasteiger partial charge on any atom is 0.143 e. The third-order valence-electron chi connectivity index (χ3n) is 1.53. The van der Waals surface area contributed by atoms with Gasteiger partial charge in [0.2, 0.25) is 0 Å². The summed E-state index contributed by atoms with van der Waals surface area (Å²) in [6, 6.07) is 3.19. The molecule has 72 valence electrons. The van der Waals surface area contributed by atoms with Crippen LogP contribution in [0, 0.1) is 5.82 Å². The summed E-state index contributed by atoms with van der Waals surface area (Å²) in [5, 5.41) is 0.380. The van der Waals surface area contributed by atoms with Crippen LogP contribution in [0.3, 0.4) is 0 Å². The lowest BCUT2D eigenvalue weighted by atomic mass is 10.2. The molecule has 0 aliphatic carbocycles. The molecule has 0 aromatic heterocycles. The van der Waals surface area contributed by atoms with Gasteiger partial charge in [0.1, 0.15) is 5.82 Å². The minimum absolute atomic E-state index is 0.237. The molecule has 1 aromatic carbocycles. The molecule has 0 atom stereocenters. The van der Waals surface area contributed by atoms with Crippen molar-refractivity contribution >= 4 is 27.5 Å². The Balaban J connectivity index is 2.96. The number of halogens is 3. The Morgan fingerprint density at radius 1 is 1.62 bits per heavy atom. The van der Waals surface area contributed by atoms with Crippen LogP contribution in [0.15, 0.2) is 16.6 Å². The minimum atomic E-state index is -0.364. The molecular weight excluding hydrogens is 260 g/mol. The van der Waals surface area contributed by atoms with E-state index in [0.717, 1.165) is 0 Å². The molecule has 0 aliphatic rings. The van der Waals surface area contributed by atoms with Crippen molar-refractivity contribution in [3.05, 3.63) is 33.0 Å². The van der Waals surface area contributed by atoms with Gasteiger partial charge in [-0.05, 0) is 28.1 Å². The molecule has 1 N–H and O–H groups in total. The second-order valence-corrected chi connectivity index (χ2v) is 3.61. The van der Waals surface area contributed by atoms with Gasteiger partial charge in [0, 0.05) is 10.6 Å². The van der Waals surface area contributed by atoms with Crippen molar-refractivity contribution < 1.29 is 9.23 Å². The summed E-state index contributed by atoms with van der Waals surface area (Å²) >= 11 is 8.85. The number of nitrogens with one attached hydrogen (secondary N) is 1. The molecule has 1 rings (SSSR count). The van der Waals surface area contributed by atoms with Gasteiger partial charge in [0.05, 0.1) is 18.1 Å². The molecule has 0 bridgehead atoms. The van der Waals surface area contributed by atoms with Gasteiger partial charge in [-0.2, -0.15) is 5.48 Å². The van der Waals surface area contributed by atoms with Gasteiger partial charge in [-0.25, -0.2) is 4.39 Å². The fourth-order valence-electron chi connectivity index (χ4n) is 0.875. The van der Waals surface area contributed by atoms with Crippen molar-refractivity contribution in [2.45, 2.75) is 6.54 Å². The fraction of sp³-hybridized carbons (Fsp3) is 0.250. The van der Waals surface area contributed by atoms with Crippen LogP contribution in [0.4, 0.5) is 4.39 Å². The van der Waals surface area contributed by atoms with Gasteiger partial charge in [0.25, 0.3) is 0 Å². The van der Waals surface area contributed by atoms with E-state index in [4.69, 9.17) is 11.6 Å². The minimum Gasteiger partial charge on any atom is -0.305 e. The van der Waals surface area contributed by atoms with Gasteiger partial charge in [-0.3, -0.25) is 0 Å². The molecule has 0 saturated carbocycles. The molecule has 1 aromatic rings. The summed E-state index contributed by atoms with van der Waals surface area (Å²) < 4.78 is 13.8. The third kappa shape index (κ3) is 2.64. The highest BCUT2D eigenvalue weighted by Gasteiger charge is 2.09. The Labute approximate surface area is 89.1 Å². The number of benzene rings is 1. The number of hydroxylamine groups is 1. The highest BCUT2D eigenvalue weighted by Crippen LogP contribution is 2.25. The van der Waals surface area contributed by atoms with E-state index in [1.54, 1.807) is 12.1 Å². The molecule has 0 heterocycles. The highest BCUT2D eigenvalue weighted by atomic mass is 79.9. The first-order valence-electron chi connectivity index (χ1n) is 3.55. The zero-order valence-corrected chi connectivity index (χ0v) is 9.25. The van der Waals surface area contributed by atoms with Crippen molar-refractivity contribution in [2.75, 3.05) is 7.11 Å². The quantitative estimate of drug-likeness (QED) is 0.672. The van der Waals surface area contributed by atoms with E-state index >= 15 is 0 Å². The zero-order chi connectivity index (χ0) is 9.84. The zero-order valence-electron chi connectivity index (χ0n) is 6.90. The standard InChI is InChI=1S/C8H8BrClFNO/c1-13-12-4-5-7(10)3-2-6(9)8(5)11/h2-3,12H,4H2,1H3. The summed E-state index contributed by atoms with van der Waals surface area (Å²) in [5.41, 5.74) is 2.92. The maximum absolute atomic E-state index is 13.4. The van der Waals surface area contributed by atoms with E-state index in [1.165, 1.54) is 7.11 Å². The van der Waals surface area contributed by atoms with Gasteiger partial charge >= 0.3 is 0 Å². The van der Waals surface area contributed by atoms with Crippen molar-refractivity contribution in [3.8, 4) is 0 Å². The van der Waals surface area contributed by atoms with E-state index in [-0.39, 0.29) is 12.4 Å². The molecule has 2 nitrogen and oxygen atoms in total. The topological polar surface area (TPSA) is 21.3 Å². The Hall–Kier alpha value is -0.160. The lowest BCUT2D eigenvalue weighted by Crippen LogP contribution is -2.12. The predicted molar refractivity (Wildman–Crippen MR) is 53.0 cm³/mol. The maximum atomic E-state index is 13.4. The van der Waals surface area contributed by atoms with Crippen LogP contribution in [0.2, 0.25) is 5.02 Å². The third-order valence-corrected chi connectivity index (χ3v) is 2.50. The van der Waals surface area contributed by atoms with E-state index in [0.29, 0.717) is 15.1 Å². The molecule has 0 amide bonds. The normalized spacial score (nSPS) is 10.5. The summed E-state index contributed by atoms with van der Waals surface area (Å²) in [4.78, 5) is 4.61. The molecule has 0 fully saturated rings. The molecule has 5 heteroatoms. The average Bonchev–Trinajstić information content (AvgIpc) is 2.12. The van der Waals surface area contributed by atoms with Crippen LogP contribution in [0.5, 0.6) is 0 Å². The Kier molecular flexibility index (Phi) is 4.12. The van der Waals surface area contributed by atoms with Crippen LogP contribution < -0.4 is 5.48 Å². The van der Waals surface area contributed by atoms with Crippen molar-refractivity contribution in [2.24, 2.45) is 0 Å². The lowest BCUT2D eigenvalue weighted by molar-refractivity contribution is 0.0859. The largest absolute Gasteiger partial charge is 0.305 e. The van der Waals surface area contributed by atoms with Crippen LogP contribution in [-0.4, -0.2) is 7.11 Å². The summed E-state index contributed by atoms with van der Waals surface area (Å²) in [6.45, 7) is 0.237. The van der Waals surface area contributed by atoms with Crippen LogP contribution >= 0.6 is 27.5 Å². The first kappa shape index (κ1) is 10.9. The summed E-state index contributed by atoms with van der Waals surface area (Å²) in [5.74, 6) is -0.364. The molecule has 0 unspecified atom stereocenters. The molecule has 0 saturated heterocycles. The first-order chi connectivity index (χ1) is 6.16. The van der Waals surface area contributed by atoms with Crippen molar-refractivity contribution in [1.82, 2.24) is 5.48 Å². The molecule has 13 heavy (non-hydrogen) atoms. The highest BCUT2D eigenvalue weighted by molar-refractivity contribution is 9.10. The second kappa shape index (κ2) is 4.91. The van der Waals surface area contributed by atoms with E-state index < -0.39 is 0 Å². The van der Waals surface area contributed by atoms with Gasteiger partial charge in [-0.1, -0.05) is 11.6 Å². The van der Waals surface area contributed by atoms with E-state index in [9.17, 15) is 4.39 Å². The smallest absolute Gasteiger partial charge is 0.143 e. The monoisotopic (exact) mass is 267 g/mol. The van der Waals surface area contributed by atoms with Crippen LogP contribution in [0.25, 0.3) is 0 Å². The predicted octanol–water partition coefficient (Wildman–Crippen LogP) is 2.89. The van der Waals surface area contributed by atoms with Crippen molar-refractivity contribution in [3.63, 3.8) is 0 Å². The summed E-state index contributed by atoms with van der Waals surface area (Å²) in [6.07, 6.45) is 0. The molecule has 0 aliphatic heterocycles. The fourth-order valence-corrected chi connectivity index (χ4v) is 1.46. The van der Waals surface area contributed by atoms with Crippen molar-refractivity contribution in [1.29, 1.82) is 0 Å². The second-order valence-electron chi connectivity index (χ2n) is 2.35. The Morgan fingerprint density at radius 3 is 2.92 bits per heavy atom. The Bertz CT molecular complexity index is 308. The van der Waals surface area contributed by atoms with Crippen LogP contribution in [-0.2, 0) is 11.4 Å². The average molecular weight is 269 g/mol. The SMILES string of the molecule is CONCc1c(Cl)ccc(Br)c1F. The van der Waals surface area contributed by atoms with Gasteiger partial charge < -0.3 is 4.84 Å². The molecular formula is C8H8BrClFNO. The lowest BCUT2D eigenvalue weighted by Gasteiger charge is -2.07.